The van der Waals surface area contributed by atoms with E-state index in [9.17, 15) is 24.5 Å². The van der Waals surface area contributed by atoms with Crippen LogP contribution in [-0.2, 0) is 9.59 Å². The molecule has 0 bridgehead atoms. The number of nitrogens with one attached hydrogen (secondary N) is 2. The number of ether oxygens (including phenoxy) is 1. The summed E-state index contributed by atoms with van der Waals surface area (Å²) in [4.78, 5) is 45.4. The van der Waals surface area contributed by atoms with E-state index in [1.807, 2.05) is 0 Å². The fourth-order valence-electron chi connectivity index (χ4n) is 2.16. The normalized spacial score (nSPS) is 10.1. The van der Waals surface area contributed by atoms with Crippen molar-refractivity contribution in [1.29, 1.82) is 0 Å². The van der Waals surface area contributed by atoms with Gasteiger partial charge in [-0.15, -0.1) is 11.8 Å². The summed E-state index contributed by atoms with van der Waals surface area (Å²) in [5, 5.41) is 16.3. The highest BCUT2D eigenvalue weighted by Gasteiger charge is 2.18. The molecule has 0 heterocycles. The quantitative estimate of drug-likeness (QED) is 0.317. The standard InChI is InChI=1S/C18H18N4O6S/c1-20-16(23)9-28-13-4-2-3-12(8-13)21-17(24)10-29-15-6-5-11(18(19)25)7-14(15)22(26)27/h2-8H,9-10H2,1H3,(H2,19,25)(H,20,23)(H,21,24). The minimum absolute atomic E-state index is 0.0130. The van der Waals surface area contributed by atoms with Gasteiger partial charge in [0.15, 0.2) is 6.61 Å². The number of carbonyl (C=O) groups is 3. The van der Waals surface area contributed by atoms with Gasteiger partial charge in [0, 0.05) is 30.4 Å². The molecule has 0 unspecified atom stereocenters. The molecule has 0 fully saturated rings. The van der Waals surface area contributed by atoms with Crippen molar-refractivity contribution in [2.24, 2.45) is 5.73 Å². The fraction of sp³-hybridized carbons (Fsp3) is 0.167. The number of thioether (sulfide) groups is 1. The maximum Gasteiger partial charge on any atom is 0.283 e. The molecule has 0 spiro atoms. The van der Waals surface area contributed by atoms with Crippen LogP contribution < -0.4 is 21.1 Å². The third-order valence-electron chi connectivity index (χ3n) is 3.57. The van der Waals surface area contributed by atoms with Gasteiger partial charge in [0.05, 0.1) is 15.6 Å². The van der Waals surface area contributed by atoms with Crippen molar-refractivity contribution in [1.82, 2.24) is 5.32 Å². The van der Waals surface area contributed by atoms with Gasteiger partial charge in [-0.3, -0.25) is 24.5 Å². The average Bonchev–Trinajstić information content (AvgIpc) is 2.70. The number of hydrogen-bond acceptors (Lipinski definition) is 7. The van der Waals surface area contributed by atoms with Crippen LogP contribution in [0.1, 0.15) is 10.4 Å². The molecule has 11 heteroatoms. The molecule has 2 aromatic carbocycles. The van der Waals surface area contributed by atoms with Crippen LogP contribution in [0.4, 0.5) is 11.4 Å². The lowest BCUT2D eigenvalue weighted by Crippen LogP contribution is -2.24. The topological polar surface area (TPSA) is 154 Å². The Balaban J connectivity index is 1.99. The van der Waals surface area contributed by atoms with E-state index < -0.39 is 16.7 Å². The van der Waals surface area contributed by atoms with E-state index in [0.29, 0.717) is 11.4 Å². The van der Waals surface area contributed by atoms with Crippen LogP contribution in [0, 0.1) is 10.1 Å². The van der Waals surface area contributed by atoms with Gasteiger partial charge < -0.3 is 21.1 Å². The number of nitrogens with two attached hydrogens (primary N) is 1. The number of amides is 3. The Morgan fingerprint density at radius 2 is 1.93 bits per heavy atom. The first-order valence-electron chi connectivity index (χ1n) is 8.24. The van der Waals surface area contributed by atoms with E-state index in [2.05, 4.69) is 10.6 Å². The van der Waals surface area contributed by atoms with Crippen molar-refractivity contribution < 1.29 is 24.0 Å². The number of anilines is 1. The van der Waals surface area contributed by atoms with Crippen molar-refractivity contribution in [3.05, 3.63) is 58.1 Å². The minimum atomic E-state index is -0.777. The summed E-state index contributed by atoms with van der Waals surface area (Å²) in [7, 11) is 1.49. The van der Waals surface area contributed by atoms with Crippen LogP contribution in [0.15, 0.2) is 47.4 Å². The number of likely N-dealkylation sites (N-methyl/N-ethyl adjacent to an activating group) is 1. The number of nitro benzene ring substituents is 1. The summed E-state index contributed by atoms with van der Waals surface area (Å²) in [6.45, 7) is -0.158. The van der Waals surface area contributed by atoms with Gasteiger partial charge in [0.25, 0.3) is 11.6 Å². The Morgan fingerprint density at radius 3 is 2.59 bits per heavy atom. The third-order valence-corrected chi connectivity index (χ3v) is 4.63. The van der Waals surface area contributed by atoms with Crippen molar-refractivity contribution in [3.63, 3.8) is 0 Å². The summed E-state index contributed by atoms with van der Waals surface area (Å²) in [6, 6.07) is 10.3. The molecular weight excluding hydrogens is 400 g/mol. The summed E-state index contributed by atoms with van der Waals surface area (Å²) in [5.74, 6) is -1.16. The molecule has 29 heavy (non-hydrogen) atoms. The van der Waals surface area contributed by atoms with Crippen molar-refractivity contribution in [2.75, 3.05) is 24.7 Å². The maximum absolute atomic E-state index is 12.2. The molecule has 3 amide bonds. The van der Waals surface area contributed by atoms with Crippen LogP contribution in [0.2, 0.25) is 0 Å². The average molecular weight is 418 g/mol. The third kappa shape index (κ3) is 6.50. The molecule has 2 aromatic rings. The van der Waals surface area contributed by atoms with Crippen LogP contribution in [0.3, 0.4) is 0 Å². The fourth-order valence-corrected chi connectivity index (χ4v) is 2.96. The first-order chi connectivity index (χ1) is 13.8. The number of carbonyl (C=O) groups excluding carboxylic acids is 3. The van der Waals surface area contributed by atoms with Gasteiger partial charge in [0.1, 0.15) is 5.75 Å². The summed E-state index contributed by atoms with van der Waals surface area (Å²) in [5.41, 5.74) is 5.29. The SMILES string of the molecule is CNC(=O)COc1cccc(NC(=O)CSc2ccc(C(N)=O)cc2[N+](=O)[O-])c1. The molecule has 0 radical (unpaired) electrons. The lowest BCUT2D eigenvalue weighted by Gasteiger charge is -2.09. The van der Waals surface area contributed by atoms with Crippen molar-refractivity contribution in [2.45, 2.75) is 4.90 Å². The van der Waals surface area contributed by atoms with Gasteiger partial charge in [-0.1, -0.05) is 6.07 Å². The Bertz CT molecular complexity index is 950. The van der Waals surface area contributed by atoms with Gasteiger partial charge in [0.2, 0.25) is 11.8 Å². The largest absolute Gasteiger partial charge is 0.484 e. The van der Waals surface area contributed by atoms with Gasteiger partial charge in [-0.05, 0) is 24.3 Å². The number of benzene rings is 2. The zero-order chi connectivity index (χ0) is 21.4. The minimum Gasteiger partial charge on any atom is -0.484 e. The first-order valence-corrected chi connectivity index (χ1v) is 9.23. The zero-order valence-electron chi connectivity index (χ0n) is 15.3. The lowest BCUT2D eigenvalue weighted by atomic mass is 10.2. The van der Waals surface area contributed by atoms with Crippen LogP contribution in [-0.4, -0.2) is 42.1 Å². The summed E-state index contributed by atoms with van der Waals surface area (Å²) >= 11 is 0.954. The first kappa shape index (κ1) is 21.7. The molecule has 2 rings (SSSR count). The van der Waals surface area contributed by atoms with Crippen LogP contribution >= 0.6 is 11.8 Å². The highest BCUT2D eigenvalue weighted by Crippen LogP contribution is 2.30. The molecule has 10 nitrogen and oxygen atoms in total. The smallest absolute Gasteiger partial charge is 0.283 e. The summed E-state index contributed by atoms with van der Waals surface area (Å²) in [6.07, 6.45) is 0. The highest BCUT2D eigenvalue weighted by molar-refractivity contribution is 8.00. The molecule has 0 atom stereocenters. The second-order valence-corrected chi connectivity index (χ2v) is 6.65. The lowest BCUT2D eigenvalue weighted by molar-refractivity contribution is -0.387. The summed E-state index contributed by atoms with van der Waals surface area (Å²) < 4.78 is 5.30. The molecule has 4 N–H and O–H groups in total. The molecule has 0 saturated carbocycles. The second-order valence-electron chi connectivity index (χ2n) is 5.63. The van der Waals surface area contributed by atoms with Crippen LogP contribution in [0.25, 0.3) is 0 Å². The predicted octanol–water partition coefficient (Wildman–Crippen LogP) is 1.55. The molecule has 152 valence electrons. The van der Waals surface area contributed by atoms with E-state index in [0.717, 1.165) is 17.8 Å². The Kier molecular flexibility index (Phi) is 7.54. The number of nitrogens with zero attached hydrogens (tertiary/aromatic N) is 1. The second kappa shape index (κ2) is 10.1. The maximum atomic E-state index is 12.2. The molecular formula is C18H18N4O6S. The Labute approximate surface area is 169 Å². The molecule has 0 aromatic heterocycles. The van der Waals surface area contributed by atoms with E-state index in [-0.39, 0.29) is 34.4 Å². The molecule has 0 saturated heterocycles. The van der Waals surface area contributed by atoms with E-state index >= 15 is 0 Å². The van der Waals surface area contributed by atoms with Gasteiger partial charge in [-0.25, -0.2) is 0 Å². The van der Waals surface area contributed by atoms with E-state index in [1.54, 1.807) is 24.3 Å². The van der Waals surface area contributed by atoms with Gasteiger partial charge >= 0.3 is 0 Å². The number of primary amides is 1. The van der Waals surface area contributed by atoms with E-state index in [1.165, 1.54) is 19.2 Å². The van der Waals surface area contributed by atoms with Gasteiger partial charge in [-0.2, -0.15) is 0 Å². The van der Waals surface area contributed by atoms with Crippen LogP contribution in [0.5, 0.6) is 5.75 Å². The van der Waals surface area contributed by atoms with Crippen molar-refractivity contribution in [3.8, 4) is 5.75 Å². The van der Waals surface area contributed by atoms with Crippen molar-refractivity contribution >= 4 is 40.9 Å². The zero-order valence-corrected chi connectivity index (χ0v) is 16.2. The number of nitro groups is 1. The molecule has 0 aliphatic carbocycles. The number of hydrogen-bond donors (Lipinski definition) is 3. The number of rotatable bonds is 9. The van der Waals surface area contributed by atoms with E-state index in [4.69, 9.17) is 10.5 Å². The molecule has 0 aliphatic rings. The Morgan fingerprint density at radius 1 is 1.17 bits per heavy atom. The Hall–Kier alpha value is -3.60. The predicted molar refractivity (Wildman–Crippen MR) is 107 cm³/mol. The monoisotopic (exact) mass is 418 g/mol. The highest BCUT2D eigenvalue weighted by atomic mass is 32.2. The molecule has 0 aliphatic heterocycles.